The molecule has 0 bridgehead atoms. The normalized spacial score (nSPS) is 12.8. The summed E-state index contributed by atoms with van der Waals surface area (Å²) in [5.74, 6) is 0. The topological polar surface area (TPSA) is 51.4 Å². The van der Waals surface area contributed by atoms with Crippen LogP contribution in [0.5, 0.6) is 0 Å². The van der Waals surface area contributed by atoms with Crippen LogP contribution < -0.4 is 10.6 Å². The Bertz CT molecular complexity index is 526. The van der Waals surface area contributed by atoms with Crippen LogP contribution >= 0.6 is 11.3 Å². The molecule has 0 aliphatic carbocycles. The third kappa shape index (κ3) is 2.28. The average Bonchev–Trinajstić information content (AvgIpc) is 2.82. The fourth-order valence-electron chi connectivity index (χ4n) is 2.24. The highest BCUT2D eigenvalue weighted by atomic mass is 32.1. The molecule has 0 saturated heterocycles. The highest BCUT2D eigenvalue weighted by Crippen LogP contribution is 2.33. The summed E-state index contributed by atoms with van der Waals surface area (Å²) >= 11 is 1.61. The number of nitrogen functional groups attached to an aromatic ring is 1. The lowest BCUT2D eigenvalue weighted by molar-refractivity contribution is 0.182. The first-order valence-corrected chi connectivity index (χ1v) is 6.94. The molecule has 0 saturated carbocycles. The van der Waals surface area contributed by atoms with Crippen molar-refractivity contribution < 1.29 is 4.74 Å². The number of likely N-dealkylation sites (N-methyl/N-ethyl adjacent to an activating group) is 1. The number of benzene rings is 1. The summed E-state index contributed by atoms with van der Waals surface area (Å²) < 4.78 is 6.36. The van der Waals surface area contributed by atoms with Gasteiger partial charge in [0.05, 0.1) is 28.2 Å². The van der Waals surface area contributed by atoms with Crippen LogP contribution in [0.2, 0.25) is 0 Å². The minimum absolute atomic E-state index is 0.290. The fourth-order valence-corrected chi connectivity index (χ4v) is 2.94. The summed E-state index contributed by atoms with van der Waals surface area (Å²) in [6.07, 6.45) is 0. The van der Waals surface area contributed by atoms with Crippen molar-refractivity contribution in [1.82, 2.24) is 4.98 Å². The highest BCUT2D eigenvalue weighted by Gasteiger charge is 2.17. The van der Waals surface area contributed by atoms with E-state index in [1.165, 1.54) is 0 Å². The first-order chi connectivity index (χ1) is 8.69. The van der Waals surface area contributed by atoms with E-state index in [9.17, 15) is 0 Å². The van der Waals surface area contributed by atoms with Gasteiger partial charge in [-0.15, -0.1) is 11.3 Å². The third-order valence-corrected chi connectivity index (χ3v) is 3.90. The molecule has 0 aliphatic rings. The number of thiazole rings is 1. The van der Waals surface area contributed by atoms with Crippen molar-refractivity contribution in [1.29, 1.82) is 0 Å². The minimum atomic E-state index is 0.290. The van der Waals surface area contributed by atoms with E-state index in [2.05, 4.69) is 35.9 Å². The van der Waals surface area contributed by atoms with Gasteiger partial charge in [-0.1, -0.05) is 0 Å². The van der Waals surface area contributed by atoms with Crippen LogP contribution in [-0.4, -0.2) is 31.3 Å². The van der Waals surface area contributed by atoms with Crippen molar-refractivity contribution in [2.75, 3.05) is 30.9 Å². The molecule has 1 unspecified atom stereocenters. The molecule has 18 heavy (non-hydrogen) atoms. The van der Waals surface area contributed by atoms with E-state index in [-0.39, 0.29) is 0 Å². The second-order valence-electron chi connectivity index (χ2n) is 4.29. The Morgan fingerprint density at radius 3 is 2.94 bits per heavy atom. The van der Waals surface area contributed by atoms with Crippen LogP contribution in [-0.2, 0) is 4.74 Å². The van der Waals surface area contributed by atoms with Gasteiger partial charge < -0.3 is 15.4 Å². The molecular weight excluding hydrogens is 246 g/mol. The smallest absolute Gasteiger partial charge is 0.106 e. The predicted octanol–water partition coefficient (Wildman–Crippen LogP) is 2.74. The van der Waals surface area contributed by atoms with Gasteiger partial charge in [-0.05, 0) is 26.0 Å². The Hall–Kier alpha value is -1.33. The van der Waals surface area contributed by atoms with Crippen LogP contribution in [0.4, 0.5) is 11.4 Å². The van der Waals surface area contributed by atoms with E-state index in [1.54, 1.807) is 18.4 Å². The Morgan fingerprint density at radius 1 is 1.50 bits per heavy atom. The molecule has 1 aromatic carbocycles. The maximum Gasteiger partial charge on any atom is 0.106 e. The van der Waals surface area contributed by atoms with Crippen molar-refractivity contribution in [3.8, 4) is 0 Å². The first-order valence-electron chi connectivity index (χ1n) is 6.06. The number of nitrogens with two attached hydrogens (primary N) is 1. The van der Waals surface area contributed by atoms with Crippen LogP contribution in [0, 0.1) is 0 Å². The quantitative estimate of drug-likeness (QED) is 0.845. The van der Waals surface area contributed by atoms with Crippen LogP contribution in [0.15, 0.2) is 17.6 Å². The van der Waals surface area contributed by atoms with E-state index >= 15 is 0 Å². The molecule has 0 spiro atoms. The van der Waals surface area contributed by atoms with Gasteiger partial charge in [0.1, 0.15) is 5.52 Å². The van der Waals surface area contributed by atoms with Gasteiger partial charge in [0.2, 0.25) is 0 Å². The summed E-state index contributed by atoms with van der Waals surface area (Å²) in [4.78, 5) is 6.58. The molecule has 5 heteroatoms. The molecule has 0 fully saturated rings. The number of methoxy groups -OCH3 is 1. The summed E-state index contributed by atoms with van der Waals surface area (Å²) in [5.41, 5.74) is 10.8. The van der Waals surface area contributed by atoms with Crippen molar-refractivity contribution >= 4 is 32.9 Å². The molecule has 1 heterocycles. The molecule has 0 radical (unpaired) electrons. The standard InChI is InChI=1S/C13H19N3OS/c1-4-16(9(2)7-17-3)10-5-6-11-13(12(10)14)15-8-18-11/h5-6,8-9H,4,7,14H2,1-3H3. The second kappa shape index (κ2) is 5.54. The largest absolute Gasteiger partial charge is 0.395 e. The van der Waals surface area contributed by atoms with Crippen molar-refractivity contribution in [3.63, 3.8) is 0 Å². The number of nitrogens with zero attached hydrogens (tertiary/aromatic N) is 2. The van der Waals surface area contributed by atoms with E-state index in [1.807, 2.05) is 5.51 Å². The van der Waals surface area contributed by atoms with Crippen LogP contribution in [0.1, 0.15) is 13.8 Å². The highest BCUT2D eigenvalue weighted by molar-refractivity contribution is 7.16. The van der Waals surface area contributed by atoms with E-state index in [4.69, 9.17) is 10.5 Å². The van der Waals surface area contributed by atoms with E-state index in [0.29, 0.717) is 12.6 Å². The maximum atomic E-state index is 6.24. The molecule has 0 aliphatic heterocycles. The number of fused-ring (bicyclic) bond motifs is 1. The molecule has 2 rings (SSSR count). The Balaban J connectivity index is 2.41. The lowest BCUT2D eigenvalue weighted by atomic mass is 10.2. The number of rotatable bonds is 5. The van der Waals surface area contributed by atoms with Gasteiger partial charge in [0.15, 0.2) is 0 Å². The van der Waals surface area contributed by atoms with E-state index in [0.717, 1.165) is 28.1 Å². The van der Waals surface area contributed by atoms with Gasteiger partial charge in [0, 0.05) is 19.7 Å². The lowest BCUT2D eigenvalue weighted by Crippen LogP contribution is -2.36. The van der Waals surface area contributed by atoms with Crippen LogP contribution in [0.3, 0.4) is 0 Å². The number of hydrogen-bond acceptors (Lipinski definition) is 5. The van der Waals surface area contributed by atoms with Gasteiger partial charge in [-0.2, -0.15) is 0 Å². The lowest BCUT2D eigenvalue weighted by Gasteiger charge is -2.30. The van der Waals surface area contributed by atoms with Crippen molar-refractivity contribution in [3.05, 3.63) is 17.6 Å². The molecule has 2 N–H and O–H groups in total. The minimum Gasteiger partial charge on any atom is -0.395 e. The maximum absolute atomic E-state index is 6.24. The molecule has 4 nitrogen and oxygen atoms in total. The third-order valence-electron chi connectivity index (χ3n) is 3.11. The molecule has 1 atom stereocenters. The van der Waals surface area contributed by atoms with E-state index < -0.39 is 0 Å². The SMILES string of the molecule is CCN(c1ccc2scnc2c1N)C(C)COC. The Morgan fingerprint density at radius 2 is 2.28 bits per heavy atom. The molecule has 2 aromatic rings. The van der Waals surface area contributed by atoms with Crippen LogP contribution in [0.25, 0.3) is 10.2 Å². The number of ether oxygens (including phenoxy) is 1. The summed E-state index contributed by atoms with van der Waals surface area (Å²) in [6, 6.07) is 4.45. The zero-order valence-electron chi connectivity index (χ0n) is 11.0. The zero-order chi connectivity index (χ0) is 13.1. The molecule has 0 amide bonds. The first kappa shape index (κ1) is 13.1. The van der Waals surface area contributed by atoms with Gasteiger partial charge in [0.25, 0.3) is 0 Å². The fraction of sp³-hybridized carbons (Fsp3) is 0.462. The Kier molecular flexibility index (Phi) is 4.04. The number of hydrogen-bond donors (Lipinski definition) is 1. The van der Waals surface area contributed by atoms with Crippen molar-refractivity contribution in [2.45, 2.75) is 19.9 Å². The van der Waals surface area contributed by atoms with Crippen molar-refractivity contribution in [2.24, 2.45) is 0 Å². The number of aromatic nitrogens is 1. The second-order valence-corrected chi connectivity index (χ2v) is 5.17. The monoisotopic (exact) mass is 265 g/mol. The molecule has 98 valence electrons. The van der Waals surface area contributed by atoms with Gasteiger partial charge in [-0.25, -0.2) is 4.98 Å². The summed E-state index contributed by atoms with van der Waals surface area (Å²) in [7, 11) is 1.72. The summed E-state index contributed by atoms with van der Waals surface area (Å²) in [6.45, 7) is 5.83. The molecule has 1 aromatic heterocycles. The average molecular weight is 265 g/mol. The zero-order valence-corrected chi connectivity index (χ0v) is 11.8. The Labute approximate surface area is 111 Å². The summed E-state index contributed by atoms with van der Waals surface area (Å²) in [5, 5.41) is 0. The predicted molar refractivity (Wildman–Crippen MR) is 78.4 cm³/mol. The van der Waals surface area contributed by atoms with Gasteiger partial charge in [-0.3, -0.25) is 0 Å². The van der Waals surface area contributed by atoms with Gasteiger partial charge >= 0.3 is 0 Å². The number of anilines is 2. The molecular formula is C13H19N3OS.